The lowest BCUT2D eigenvalue weighted by Gasteiger charge is -2.23. The molecule has 0 aromatic carbocycles. The minimum Gasteiger partial charge on any atom is -0.467 e. The predicted octanol–water partition coefficient (Wildman–Crippen LogP) is 1.80. The van der Waals surface area contributed by atoms with Gasteiger partial charge in [-0.3, -0.25) is 9.79 Å². The summed E-state index contributed by atoms with van der Waals surface area (Å²) in [5.74, 6) is 1.48. The molecule has 1 aliphatic carbocycles. The van der Waals surface area contributed by atoms with Gasteiger partial charge < -0.3 is 25.1 Å². The molecule has 1 saturated carbocycles. The Bertz CT molecular complexity index is 510. The summed E-state index contributed by atoms with van der Waals surface area (Å²) in [4.78, 5) is 16.1. The molecular weight excluding hydrogens is 320 g/mol. The van der Waals surface area contributed by atoms with Gasteiger partial charge in [0.25, 0.3) is 0 Å². The van der Waals surface area contributed by atoms with E-state index in [2.05, 4.69) is 20.9 Å². The number of aliphatic imine (C=N–C) groups is 1. The molecule has 2 rings (SSSR count). The van der Waals surface area contributed by atoms with Crippen LogP contribution in [-0.4, -0.2) is 44.7 Å². The van der Waals surface area contributed by atoms with Gasteiger partial charge >= 0.3 is 0 Å². The van der Waals surface area contributed by atoms with Crippen molar-refractivity contribution in [3.63, 3.8) is 0 Å². The van der Waals surface area contributed by atoms with Crippen LogP contribution in [0.1, 0.15) is 44.3 Å². The number of carbonyl (C=O) groups is 1. The second kappa shape index (κ2) is 11.5. The van der Waals surface area contributed by atoms with Crippen LogP contribution in [0.3, 0.4) is 0 Å². The summed E-state index contributed by atoms with van der Waals surface area (Å²) in [5.41, 5.74) is 0. The maximum Gasteiger partial charge on any atom is 0.239 e. The van der Waals surface area contributed by atoms with E-state index in [1.165, 1.54) is 19.3 Å². The van der Waals surface area contributed by atoms with Crippen molar-refractivity contribution in [1.29, 1.82) is 0 Å². The van der Waals surface area contributed by atoms with Crippen LogP contribution in [-0.2, 0) is 16.1 Å². The van der Waals surface area contributed by atoms with Crippen LogP contribution in [0.15, 0.2) is 27.8 Å². The fourth-order valence-corrected chi connectivity index (χ4v) is 2.86. The Kier molecular flexibility index (Phi) is 8.90. The number of hydrogen-bond acceptors (Lipinski definition) is 4. The molecule has 25 heavy (non-hydrogen) atoms. The van der Waals surface area contributed by atoms with E-state index in [9.17, 15) is 4.79 Å². The predicted molar refractivity (Wildman–Crippen MR) is 97.4 cm³/mol. The van der Waals surface area contributed by atoms with Crippen LogP contribution in [0.2, 0.25) is 0 Å². The molecule has 7 heteroatoms. The monoisotopic (exact) mass is 350 g/mol. The first-order valence-electron chi connectivity index (χ1n) is 9.12. The standard InChI is InChI=1S/C18H30N4O3/c1-19-18(20-10-6-11-24-14-16-9-5-12-25-16)21-13-17(23)22-15-7-3-2-4-8-15/h5,9,12,15H,2-4,6-8,10-11,13-14H2,1H3,(H,22,23)(H2,19,20,21). The Hall–Kier alpha value is -2.02. The molecule has 0 spiro atoms. The summed E-state index contributed by atoms with van der Waals surface area (Å²) in [6.45, 7) is 2.08. The highest BCUT2D eigenvalue weighted by Gasteiger charge is 2.15. The van der Waals surface area contributed by atoms with Gasteiger partial charge in [-0.1, -0.05) is 19.3 Å². The van der Waals surface area contributed by atoms with Crippen LogP contribution in [0.5, 0.6) is 0 Å². The first-order valence-corrected chi connectivity index (χ1v) is 9.12. The number of furan rings is 1. The molecule has 0 aliphatic heterocycles. The summed E-state index contributed by atoms with van der Waals surface area (Å²) in [6.07, 6.45) is 8.38. The summed E-state index contributed by atoms with van der Waals surface area (Å²) in [6, 6.07) is 4.08. The average Bonchev–Trinajstić information content (AvgIpc) is 3.15. The molecule has 1 fully saturated rings. The Morgan fingerprint density at radius 2 is 2.16 bits per heavy atom. The van der Waals surface area contributed by atoms with E-state index < -0.39 is 0 Å². The zero-order valence-electron chi connectivity index (χ0n) is 15.1. The maximum atomic E-state index is 12.0. The zero-order chi connectivity index (χ0) is 17.7. The second-order valence-electron chi connectivity index (χ2n) is 6.24. The van der Waals surface area contributed by atoms with Crippen molar-refractivity contribution < 1.29 is 13.9 Å². The lowest BCUT2D eigenvalue weighted by Crippen LogP contribution is -2.46. The number of rotatable bonds is 9. The fourth-order valence-electron chi connectivity index (χ4n) is 2.86. The SMILES string of the molecule is CN=C(NCCCOCc1ccco1)NCC(=O)NC1CCCCC1. The van der Waals surface area contributed by atoms with Crippen LogP contribution in [0.25, 0.3) is 0 Å². The summed E-state index contributed by atoms with van der Waals surface area (Å²) in [7, 11) is 1.70. The van der Waals surface area contributed by atoms with Crippen molar-refractivity contribution in [2.75, 3.05) is 26.7 Å². The maximum absolute atomic E-state index is 12.0. The first kappa shape index (κ1) is 19.3. The Morgan fingerprint density at radius 1 is 1.32 bits per heavy atom. The van der Waals surface area contributed by atoms with Crippen molar-refractivity contribution in [2.24, 2.45) is 4.99 Å². The average molecular weight is 350 g/mol. The van der Waals surface area contributed by atoms with Gasteiger partial charge in [-0.05, 0) is 31.4 Å². The molecule has 7 nitrogen and oxygen atoms in total. The molecule has 0 unspecified atom stereocenters. The normalized spacial score (nSPS) is 15.8. The minimum absolute atomic E-state index is 0.0247. The number of amides is 1. The zero-order valence-corrected chi connectivity index (χ0v) is 15.1. The second-order valence-corrected chi connectivity index (χ2v) is 6.24. The van der Waals surface area contributed by atoms with Gasteiger partial charge in [0.2, 0.25) is 5.91 Å². The number of guanidine groups is 1. The molecule has 1 aromatic heterocycles. The molecule has 0 bridgehead atoms. The van der Waals surface area contributed by atoms with Crippen LogP contribution < -0.4 is 16.0 Å². The third kappa shape index (κ3) is 8.07. The van der Waals surface area contributed by atoms with Crippen molar-refractivity contribution in [3.05, 3.63) is 24.2 Å². The molecule has 3 N–H and O–H groups in total. The van der Waals surface area contributed by atoms with E-state index in [4.69, 9.17) is 9.15 Å². The molecule has 0 radical (unpaired) electrons. The minimum atomic E-state index is 0.0247. The Labute approximate surface area is 149 Å². The van der Waals surface area contributed by atoms with Crippen LogP contribution >= 0.6 is 0 Å². The van der Waals surface area contributed by atoms with E-state index in [1.54, 1.807) is 13.3 Å². The molecule has 1 aromatic rings. The third-order valence-electron chi connectivity index (χ3n) is 4.19. The van der Waals surface area contributed by atoms with Gasteiger partial charge in [-0.2, -0.15) is 0 Å². The van der Waals surface area contributed by atoms with E-state index in [0.717, 1.165) is 31.6 Å². The quantitative estimate of drug-likeness (QED) is 0.359. The lowest BCUT2D eigenvalue weighted by atomic mass is 9.95. The topological polar surface area (TPSA) is 87.9 Å². The molecule has 1 amide bonds. The van der Waals surface area contributed by atoms with Crippen molar-refractivity contribution in [1.82, 2.24) is 16.0 Å². The molecule has 1 aliphatic rings. The highest BCUT2D eigenvalue weighted by Crippen LogP contribution is 2.17. The van der Waals surface area contributed by atoms with Crippen molar-refractivity contribution in [2.45, 2.75) is 51.2 Å². The van der Waals surface area contributed by atoms with Crippen molar-refractivity contribution in [3.8, 4) is 0 Å². The molecule has 0 saturated heterocycles. The van der Waals surface area contributed by atoms with Gasteiger partial charge in [0.1, 0.15) is 12.4 Å². The fraction of sp³-hybridized carbons (Fsp3) is 0.667. The number of carbonyl (C=O) groups excluding carboxylic acids is 1. The largest absolute Gasteiger partial charge is 0.467 e. The van der Waals surface area contributed by atoms with Crippen molar-refractivity contribution >= 4 is 11.9 Å². The molecular formula is C18H30N4O3. The third-order valence-corrected chi connectivity index (χ3v) is 4.19. The van der Waals surface area contributed by atoms with Crippen LogP contribution in [0, 0.1) is 0 Å². The number of hydrogen-bond donors (Lipinski definition) is 3. The van der Waals surface area contributed by atoms with Gasteiger partial charge in [0.15, 0.2) is 5.96 Å². The van der Waals surface area contributed by atoms with Gasteiger partial charge in [0, 0.05) is 26.2 Å². The lowest BCUT2D eigenvalue weighted by molar-refractivity contribution is -0.120. The number of ether oxygens (including phenoxy) is 1. The highest BCUT2D eigenvalue weighted by atomic mass is 16.5. The smallest absolute Gasteiger partial charge is 0.239 e. The van der Waals surface area contributed by atoms with Crippen LogP contribution in [0.4, 0.5) is 0 Å². The van der Waals surface area contributed by atoms with Gasteiger partial charge in [-0.25, -0.2) is 0 Å². The highest BCUT2D eigenvalue weighted by molar-refractivity contribution is 5.86. The molecule has 0 atom stereocenters. The summed E-state index contributed by atoms with van der Waals surface area (Å²) >= 11 is 0. The number of nitrogens with zero attached hydrogens (tertiary/aromatic N) is 1. The summed E-state index contributed by atoms with van der Waals surface area (Å²) in [5, 5.41) is 9.30. The Morgan fingerprint density at radius 3 is 2.88 bits per heavy atom. The van der Waals surface area contributed by atoms with Gasteiger partial charge in [0.05, 0.1) is 12.8 Å². The van der Waals surface area contributed by atoms with E-state index >= 15 is 0 Å². The molecule has 1 heterocycles. The Balaban J connectivity index is 1.50. The van der Waals surface area contributed by atoms with E-state index in [-0.39, 0.29) is 12.5 Å². The summed E-state index contributed by atoms with van der Waals surface area (Å²) < 4.78 is 10.7. The van der Waals surface area contributed by atoms with E-state index in [0.29, 0.717) is 25.2 Å². The molecule has 140 valence electrons. The first-order chi connectivity index (χ1) is 12.3. The van der Waals surface area contributed by atoms with E-state index in [1.807, 2.05) is 12.1 Å². The van der Waals surface area contributed by atoms with Gasteiger partial charge in [-0.15, -0.1) is 0 Å². The number of nitrogens with one attached hydrogen (secondary N) is 3.